The van der Waals surface area contributed by atoms with Crippen molar-refractivity contribution in [1.29, 1.82) is 5.26 Å². The first kappa shape index (κ1) is 14.5. The molecule has 0 radical (unpaired) electrons. The highest BCUT2D eigenvalue weighted by atomic mass is 16.5. The summed E-state index contributed by atoms with van der Waals surface area (Å²) in [5.74, 6) is -0.106. The molecule has 1 aromatic carbocycles. The highest BCUT2D eigenvalue weighted by Gasteiger charge is 2.40. The average molecular weight is 273 g/mol. The van der Waals surface area contributed by atoms with Gasteiger partial charge in [-0.1, -0.05) is 18.2 Å². The lowest BCUT2D eigenvalue weighted by atomic mass is 9.97. The van der Waals surface area contributed by atoms with Crippen LogP contribution in [0.25, 0.3) is 0 Å². The van der Waals surface area contributed by atoms with E-state index in [4.69, 9.17) is 15.7 Å². The van der Waals surface area contributed by atoms with Crippen molar-refractivity contribution >= 4 is 5.91 Å². The van der Waals surface area contributed by atoms with Gasteiger partial charge in [0, 0.05) is 19.7 Å². The van der Waals surface area contributed by atoms with Crippen molar-refractivity contribution in [2.75, 3.05) is 19.8 Å². The summed E-state index contributed by atoms with van der Waals surface area (Å²) in [5.41, 5.74) is 6.63. The van der Waals surface area contributed by atoms with Gasteiger partial charge in [0.25, 0.3) is 0 Å². The Labute approximate surface area is 118 Å². The van der Waals surface area contributed by atoms with E-state index in [9.17, 15) is 4.79 Å². The molecule has 0 spiro atoms. The molecule has 0 aliphatic carbocycles. The molecule has 0 aromatic heterocycles. The number of carbonyl (C=O) groups is 1. The normalized spacial score (nSPS) is 21.4. The molecule has 1 aromatic rings. The van der Waals surface area contributed by atoms with E-state index in [-0.39, 0.29) is 12.5 Å². The van der Waals surface area contributed by atoms with Crippen LogP contribution in [0.5, 0.6) is 0 Å². The van der Waals surface area contributed by atoms with E-state index in [0.29, 0.717) is 31.7 Å². The minimum atomic E-state index is -0.919. The third-order valence-electron chi connectivity index (χ3n) is 3.65. The zero-order valence-electron chi connectivity index (χ0n) is 11.6. The highest BCUT2D eigenvalue weighted by molar-refractivity contribution is 5.86. The fraction of sp³-hybridized carbons (Fsp3) is 0.467. The van der Waals surface area contributed by atoms with Crippen molar-refractivity contribution in [3.63, 3.8) is 0 Å². The van der Waals surface area contributed by atoms with E-state index >= 15 is 0 Å². The number of rotatable bonds is 4. The predicted molar refractivity (Wildman–Crippen MR) is 74.6 cm³/mol. The van der Waals surface area contributed by atoms with Crippen molar-refractivity contribution in [2.45, 2.75) is 25.4 Å². The third kappa shape index (κ3) is 2.82. The van der Waals surface area contributed by atoms with Crippen LogP contribution in [0.2, 0.25) is 0 Å². The average Bonchev–Trinajstić information content (AvgIpc) is 2.92. The Balaban J connectivity index is 2.17. The van der Waals surface area contributed by atoms with Crippen molar-refractivity contribution in [3.05, 3.63) is 35.4 Å². The number of carbonyl (C=O) groups excluding carboxylic acids is 1. The SMILES string of the molecule is CCN(Cc1ccccc1C#N)C(=O)C1(N)CCOC1. The van der Waals surface area contributed by atoms with E-state index in [2.05, 4.69) is 6.07 Å². The Hall–Kier alpha value is -1.90. The number of nitrogens with two attached hydrogens (primary N) is 1. The summed E-state index contributed by atoms with van der Waals surface area (Å²) < 4.78 is 5.25. The molecule has 2 N–H and O–H groups in total. The van der Waals surface area contributed by atoms with Crippen LogP contribution in [-0.2, 0) is 16.1 Å². The Morgan fingerprint density at radius 2 is 2.30 bits per heavy atom. The number of likely N-dealkylation sites (N-methyl/N-ethyl adjacent to an activating group) is 1. The van der Waals surface area contributed by atoms with Gasteiger partial charge in [0.1, 0.15) is 5.54 Å². The van der Waals surface area contributed by atoms with Gasteiger partial charge in [-0.3, -0.25) is 4.79 Å². The van der Waals surface area contributed by atoms with Crippen LogP contribution < -0.4 is 5.73 Å². The topological polar surface area (TPSA) is 79.4 Å². The smallest absolute Gasteiger partial charge is 0.245 e. The molecule has 1 amide bonds. The highest BCUT2D eigenvalue weighted by Crippen LogP contribution is 2.20. The fourth-order valence-corrected chi connectivity index (χ4v) is 2.36. The number of hydrogen-bond donors (Lipinski definition) is 1. The van der Waals surface area contributed by atoms with Crippen LogP contribution in [0.1, 0.15) is 24.5 Å². The number of hydrogen-bond acceptors (Lipinski definition) is 4. The van der Waals surface area contributed by atoms with E-state index in [1.807, 2.05) is 25.1 Å². The molecule has 1 aliphatic heterocycles. The summed E-state index contributed by atoms with van der Waals surface area (Å²) in [7, 11) is 0. The predicted octanol–water partition coefficient (Wildman–Crippen LogP) is 1.02. The molecule has 1 atom stereocenters. The molecule has 5 nitrogen and oxygen atoms in total. The lowest BCUT2D eigenvalue weighted by Gasteiger charge is -2.30. The van der Waals surface area contributed by atoms with Crippen LogP contribution in [0, 0.1) is 11.3 Å². The second-order valence-corrected chi connectivity index (χ2v) is 5.05. The molecule has 1 fully saturated rings. The minimum absolute atomic E-state index is 0.106. The Morgan fingerprint density at radius 3 is 2.90 bits per heavy atom. The molecule has 5 heteroatoms. The maximum absolute atomic E-state index is 12.5. The number of benzene rings is 1. The molecule has 0 bridgehead atoms. The standard InChI is InChI=1S/C15H19N3O2/c1-2-18(14(19)15(17)7-8-20-11-15)10-13-6-4-3-5-12(13)9-16/h3-6H,2,7-8,10-11,17H2,1H3. The second kappa shape index (κ2) is 6.04. The van der Waals surface area contributed by atoms with Gasteiger partial charge in [0.15, 0.2) is 0 Å². The lowest BCUT2D eigenvalue weighted by Crippen LogP contribution is -2.55. The molecule has 20 heavy (non-hydrogen) atoms. The van der Waals surface area contributed by atoms with Gasteiger partial charge in [-0.2, -0.15) is 5.26 Å². The summed E-state index contributed by atoms with van der Waals surface area (Å²) in [6.07, 6.45) is 0.544. The largest absolute Gasteiger partial charge is 0.379 e. The molecule has 1 saturated heterocycles. The summed E-state index contributed by atoms with van der Waals surface area (Å²) in [6, 6.07) is 9.45. The van der Waals surface area contributed by atoms with Gasteiger partial charge in [-0.05, 0) is 25.0 Å². The van der Waals surface area contributed by atoms with E-state index in [0.717, 1.165) is 5.56 Å². The van der Waals surface area contributed by atoms with Crippen LogP contribution in [0.15, 0.2) is 24.3 Å². The summed E-state index contributed by atoms with van der Waals surface area (Å²) >= 11 is 0. The van der Waals surface area contributed by atoms with E-state index < -0.39 is 5.54 Å². The van der Waals surface area contributed by atoms with Gasteiger partial charge in [0.2, 0.25) is 5.91 Å². The van der Waals surface area contributed by atoms with Gasteiger partial charge < -0.3 is 15.4 Å². The maximum atomic E-state index is 12.5. The van der Waals surface area contributed by atoms with E-state index in [1.165, 1.54) is 0 Å². The molecular weight excluding hydrogens is 254 g/mol. The molecule has 1 unspecified atom stereocenters. The number of ether oxygens (including phenoxy) is 1. The van der Waals surface area contributed by atoms with Gasteiger partial charge in [-0.25, -0.2) is 0 Å². The summed E-state index contributed by atoms with van der Waals surface area (Å²) in [6.45, 7) is 3.65. The van der Waals surface area contributed by atoms with Gasteiger partial charge in [-0.15, -0.1) is 0 Å². The summed E-state index contributed by atoms with van der Waals surface area (Å²) in [4.78, 5) is 14.2. The first-order chi connectivity index (χ1) is 9.60. The quantitative estimate of drug-likeness (QED) is 0.888. The molecule has 1 heterocycles. The third-order valence-corrected chi connectivity index (χ3v) is 3.65. The Morgan fingerprint density at radius 1 is 1.55 bits per heavy atom. The molecule has 106 valence electrons. The number of nitrogens with zero attached hydrogens (tertiary/aromatic N) is 2. The van der Waals surface area contributed by atoms with Crippen LogP contribution in [0.4, 0.5) is 0 Å². The van der Waals surface area contributed by atoms with Crippen molar-refractivity contribution < 1.29 is 9.53 Å². The molecule has 2 rings (SSSR count). The Bertz CT molecular complexity index is 530. The molecule has 1 aliphatic rings. The monoisotopic (exact) mass is 273 g/mol. The molecule has 0 saturated carbocycles. The second-order valence-electron chi connectivity index (χ2n) is 5.05. The maximum Gasteiger partial charge on any atom is 0.245 e. The van der Waals surface area contributed by atoms with E-state index in [1.54, 1.807) is 11.0 Å². The minimum Gasteiger partial charge on any atom is -0.379 e. The van der Waals surface area contributed by atoms with Gasteiger partial charge >= 0.3 is 0 Å². The van der Waals surface area contributed by atoms with Crippen molar-refractivity contribution in [2.24, 2.45) is 5.73 Å². The Kier molecular flexibility index (Phi) is 4.38. The fourth-order valence-electron chi connectivity index (χ4n) is 2.36. The molecular formula is C15H19N3O2. The zero-order chi connectivity index (χ0) is 14.6. The number of amides is 1. The van der Waals surface area contributed by atoms with Crippen LogP contribution in [0.3, 0.4) is 0 Å². The summed E-state index contributed by atoms with van der Waals surface area (Å²) in [5, 5.41) is 9.11. The number of nitriles is 1. The first-order valence-electron chi connectivity index (χ1n) is 6.74. The lowest BCUT2D eigenvalue weighted by molar-refractivity contribution is -0.137. The van der Waals surface area contributed by atoms with Crippen molar-refractivity contribution in [3.8, 4) is 6.07 Å². The van der Waals surface area contributed by atoms with Crippen molar-refractivity contribution in [1.82, 2.24) is 4.90 Å². The first-order valence-corrected chi connectivity index (χ1v) is 6.74. The van der Waals surface area contributed by atoms with Crippen LogP contribution >= 0.6 is 0 Å². The van der Waals surface area contributed by atoms with Crippen LogP contribution in [-0.4, -0.2) is 36.1 Å². The zero-order valence-corrected chi connectivity index (χ0v) is 11.6. The van der Waals surface area contributed by atoms with Gasteiger partial charge in [0.05, 0.1) is 18.2 Å².